The van der Waals surface area contributed by atoms with Gasteiger partial charge in [-0.15, -0.1) is 0 Å². The molecule has 0 aliphatic carbocycles. The van der Waals surface area contributed by atoms with Crippen LogP contribution in [0.4, 0.5) is 10.1 Å². The molecule has 0 aromatic heterocycles. The van der Waals surface area contributed by atoms with Crippen molar-refractivity contribution in [3.05, 3.63) is 29.6 Å². The summed E-state index contributed by atoms with van der Waals surface area (Å²) in [4.78, 5) is 0. The Hall–Kier alpha value is -1.60. The minimum Gasteiger partial charge on any atom is -0.381 e. The monoisotopic (exact) mass is 276 g/mol. The topological polar surface area (TPSA) is 45.0 Å². The van der Waals surface area contributed by atoms with Crippen molar-refractivity contribution in [2.45, 2.75) is 51.2 Å². The highest BCUT2D eigenvalue weighted by Crippen LogP contribution is 2.33. The van der Waals surface area contributed by atoms with E-state index in [1.165, 1.54) is 6.07 Å². The van der Waals surface area contributed by atoms with Crippen LogP contribution in [-0.4, -0.2) is 18.2 Å². The number of halogens is 1. The molecule has 1 aromatic rings. The van der Waals surface area contributed by atoms with Gasteiger partial charge in [0.25, 0.3) is 0 Å². The second-order valence-corrected chi connectivity index (χ2v) is 5.35. The maximum absolute atomic E-state index is 13.6. The molecule has 2 rings (SSSR count). The van der Waals surface area contributed by atoms with Gasteiger partial charge in [-0.25, -0.2) is 4.39 Å². The molecule has 20 heavy (non-hydrogen) atoms. The molecule has 0 radical (unpaired) electrons. The van der Waals surface area contributed by atoms with Crippen molar-refractivity contribution in [2.75, 3.05) is 11.9 Å². The summed E-state index contributed by atoms with van der Waals surface area (Å²) < 4.78 is 19.5. The second-order valence-electron chi connectivity index (χ2n) is 5.35. The van der Waals surface area contributed by atoms with Crippen molar-refractivity contribution < 1.29 is 9.13 Å². The van der Waals surface area contributed by atoms with E-state index in [1.807, 2.05) is 6.07 Å². The number of rotatable bonds is 4. The van der Waals surface area contributed by atoms with Crippen LogP contribution < -0.4 is 5.32 Å². The predicted octanol–water partition coefficient (Wildman–Crippen LogP) is 3.85. The van der Waals surface area contributed by atoms with Crippen LogP contribution in [0.2, 0.25) is 0 Å². The van der Waals surface area contributed by atoms with E-state index in [2.05, 4.69) is 19.2 Å². The molecule has 1 aliphatic heterocycles. The summed E-state index contributed by atoms with van der Waals surface area (Å²) in [6, 6.07) is 6.86. The quantitative estimate of drug-likeness (QED) is 0.908. The van der Waals surface area contributed by atoms with E-state index in [-0.39, 0.29) is 17.2 Å². The number of nitrogens with one attached hydrogen (secondary N) is 1. The summed E-state index contributed by atoms with van der Waals surface area (Å²) in [5, 5.41) is 12.4. The minimum atomic E-state index is -0.471. The van der Waals surface area contributed by atoms with E-state index in [0.29, 0.717) is 12.3 Å². The molecule has 3 nitrogen and oxygen atoms in total. The largest absolute Gasteiger partial charge is 0.381 e. The Morgan fingerprint density at radius 3 is 2.85 bits per heavy atom. The first kappa shape index (κ1) is 14.8. The molecule has 1 saturated heterocycles. The molecule has 1 atom stereocenters. The van der Waals surface area contributed by atoms with Gasteiger partial charge in [0.15, 0.2) is 0 Å². The number of nitrogens with zero attached hydrogens (tertiary/aromatic N) is 1. The first-order chi connectivity index (χ1) is 9.64. The molecular formula is C16H21FN2O. The summed E-state index contributed by atoms with van der Waals surface area (Å²) in [5.41, 5.74) is 0.592. The maximum Gasteiger partial charge on any atom is 0.143 e. The van der Waals surface area contributed by atoms with Crippen molar-refractivity contribution in [3.8, 4) is 6.07 Å². The average molecular weight is 276 g/mol. The molecule has 0 bridgehead atoms. The molecule has 0 saturated carbocycles. The van der Waals surface area contributed by atoms with E-state index in [1.54, 1.807) is 12.1 Å². The van der Waals surface area contributed by atoms with Gasteiger partial charge in [0.1, 0.15) is 17.4 Å². The van der Waals surface area contributed by atoms with Crippen LogP contribution in [0.5, 0.6) is 0 Å². The van der Waals surface area contributed by atoms with Crippen LogP contribution >= 0.6 is 0 Å². The fourth-order valence-electron chi connectivity index (χ4n) is 2.87. The van der Waals surface area contributed by atoms with E-state index in [0.717, 1.165) is 25.7 Å². The Kier molecular flexibility index (Phi) is 4.61. The molecule has 1 heterocycles. The molecular weight excluding hydrogens is 255 g/mol. The number of hydrogen-bond donors (Lipinski definition) is 1. The standard InChI is InChI=1S/C16H21FN2O/c1-3-16(4-2)10-12(8-9-20-16)19-15-7-5-6-14(17)13(15)11-18/h5-7,12,19H,3-4,8-10H2,1-2H3. The van der Waals surface area contributed by atoms with Crippen LogP contribution in [0.15, 0.2) is 18.2 Å². The van der Waals surface area contributed by atoms with Crippen molar-refractivity contribution in [1.29, 1.82) is 5.26 Å². The van der Waals surface area contributed by atoms with Gasteiger partial charge in [0.05, 0.1) is 11.3 Å². The van der Waals surface area contributed by atoms with E-state index >= 15 is 0 Å². The normalized spacial score (nSPS) is 21.2. The zero-order valence-corrected chi connectivity index (χ0v) is 12.1. The first-order valence-electron chi connectivity index (χ1n) is 7.23. The Labute approximate surface area is 119 Å². The second kappa shape index (κ2) is 6.23. The lowest BCUT2D eigenvalue weighted by atomic mass is 9.85. The van der Waals surface area contributed by atoms with Gasteiger partial charge in [0.2, 0.25) is 0 Å². The van der Waals surface area contributed by atoms with E-state index in [9.17, 15) is 4.39 Å². The molecule has 1 aliphatic rings. The fraction of sp³-hybridized carbons (Fsp3) is 0.562. The number of hydrogen-bond acceptors (Lipinski definition) is 3. The first-order valence-corrected chi connectivity index (χ1v) is 7.23. The Bertz CT molecular complexity index is 506. The van der Waals surface area contributed by atoms with Gasteiger partial charge >= 0.3 is 0 Å². The summed E-state index contributed by atoms with van der Waals surface area (Å²) in [6.45, 7) is 4.97. The molecule has 0 spiro atoms. The van der Waals surface area contributed by atoms with Crippen molar-refractivity contribution in [2.24, 2.45) is 0 Å². The zero-order valence-electron chi connectivity index (χ0n) is 12.1. The summed E-state index contributed by atoms with van der Waals surface area (Å²) >= 11 is 0. The van der Waals surface area contributed by atoms with Gasteiger partial charge in [-0.1, -0.05) is 19.9 Å². The highest BCUT2D eigenvalue weighted by molar-refractivity contribution is 5.58. The van der Waals surface area contributed by atoms with E-state index in [4.69, 9.17) is 10.00 Å². The van der Waals surface area contributed by atoms with Crippen molar-refractivity contribution in [3.63, 3.8) is 0 Å². The van der Waals surface area contributed by atoms with Crippen LogP contribution in [0.3, 0.4) is 0 Å². The lowest BCUT2D eigenvalue weighted by Crippen LogP contribution is -2.43. The molecule has 108 valence electrons. The molecule has 1 fully saturated rings. The lowest BCUT2D eigenvalue weighted by Gasteiger charge is -2.40. The van der Waals surface area contributed by atoms with Gasteiger partial charge in [-0.2, -0.15) is 5.26 Å². The maximum atomic E-state index is 13.6. The molecule has 1 unspecified atom stereocenters. The third kappa shape index (κ3) is 2.94. The zero-order chi connectivity index (χ0) is 14.6. The van der Waals surface area contributed by atoms with Crippen LogP contribution in [0, 0.1) is 17.1 Å². The Morgan fingerprint density at radius 2 is 2.20 bits per heavy atom. The Morgan fingerprint density at radius 1 is 1.45 bits per heavy atom. The highest BCUT2D eigenvalue weighted by Gasteiger charge is 2.34. The minimum absolute atomic E-state index is 0.0873. The number of benzene rings is 1. The number of nitriles is 1. The highest BCUT2D eigenvalue weighted by atomic mass is 19.1. The van der Waals surface area contributed by atoms with Gasteiger partial charge < -0.3 is 10.1 Å². The van der Waals surface area contributed by atoms with Crippen LogP contribution in [0.1, 0.15) is 45.1 Å². The van der Waals surface area contributed by atoms with Gasteiger partial charge in [-0.3, -0.25) is 0 Å². The number of ether oxygens (including phenoxy) is 1. The molecule has 1 N–H and O–H groups in total. The van der Waals surface area contributed by atoms with Gasteiger partial charge in [0, 0.05) is 12.6 Å². The summed E-state index contributed by atoms with van der Waals surface area (Å²) in [6.07, 6.45) is 3.70. The number of anilines is 1. The molecule has 0 amide bonds. The fourth-order valence-corrected chi connectivity index (χ4v) is 2.87. The van der Waals surface area contributed by atoms with Crippen molar-refractivity contribution >= 4 is 5.69 Å². The SMILES string of the molecule is CCC1(CC)CC(Nc2cccc(F)c2C#N)CCO1. The lowest BCUT2D eigenvalue weighted by molar-refractivity contribution is -0.0864. The van der Waals surface area contributed by atoms with Gasteiger partial charge in [-0.05, 0) is 37.8 Å². The third-order valence-corrected chi connectivity index (χ3v) is 4.27. The molecule has 1 aromatic carbocycles. The van der Waals surface area contributed by atoms with E-state index < -0.39 is 5.82 Å². The molecule has 4 heteroatoms. The van der Waals surface area contributed by atoms with Crippen LogP contribution in [-0.2, 0) is 4.74 Å². The predicted molar refractivity (Wildman–Crippen MR) is 77.0 cm³/mol. The third-order valence-electron chi connectivity index (χ3n) is 4.27. The average Bonchev–Trinajstić information content (AvgIpc) is 2.48. The smallest absolute Gasteiger partial charge is 0.143 e. The van der Waals surface area contributed by atoms with Crippen LogP contribution in [0.25, 0.3) is 0 Å². The summed E-state index contributed by atoms with van der Waals surface area (Å²) in [7, 11) is 0. The Balaban J connectivity index is 2.15. The summed E-state index contributed by atoms with van der Waals surface area (Å²) in [5.74, 6) is -0.471. The van der Waals surface area contributed by atoms with Crippen molar-refractivity contribution in [1.82, 2.24) is 0 Å².